The summed E-state index contributed by atoms with van der Waals surface area (Å²) in [7, 11) is 0. The van der Waals surface area contributed by atoms with Crippen molar-refractivity contribution in [2.75, 3.05) is 10.6 Å². The van der Waals surface area contributed by atoms with Gasteiger partial charge >= 0.3 is 0 Å². The summed E-state index contributed by atoms with van der Waals surface area (Å²) in [6.07, 6.45) is 3.35. The van der Waals surface area contributed by atoms with Gasteiger partial charge in [-0.15, -0.1) is 5.10 Å². The average molecular weight is 528 g/mol. The molecule has 2 aromatic heterocycles. The molecule has 5 rings (SSSR count). The Morgan fingerprint density at radius 3 is 2.35 bits per heavy atom. The van der Waals surface area contributed by atoms with Gasteiger partial charge in [-0.25, -0.2) is 14.6 Å². The zero-order valence-electron chi connectivity index (χ0n) is 19.8. The molecule has 37 heavy (non-hydrogen) atoms. The van der Waals surface area contributed by atoms with Crippen molar-refractivity contribution in [1.29, 1.82) is 0 Å². The monoisotopic (exact) mass is 527 g/mol. The number of nitrogens with zero attached hydrogens (tertiary/aromatic N) is 5. The van der Waals surface area contributed by atoms with Crippen LogP contribution >= 0.6 is 23.4 Å². The maximum Gasteiger partial charge on any atom is 0.278 e. The van der Waals surface area contributed by atoms with E-state index in [0.717, 1.165) is 16.9 Å². The number of anilines is 3. The van der Waals surface area contributed by atoms with E-state index < -0.39 is 0 Å². The highest BCUT2D eigenvalue weighted by Gasteiger charge is 2.22. The quantitative estimate of drug-likeness (QED) is 0.180. The summed E-state index contributed by atoms with van der Waals surface area (Å²) in [4.78, 5) is 21.8. The number of hydrogen-bond acceptors (Lipinski definition) is 7. The standard InChI is InChI=1S/C27H22ClN7OS/c1-18-8-13-22(16-23(18)28)35-24(17-37-27-29-14-5-15-30-27)25(33-34-35)26(36)32-21-11-9-20(10-12-21)31-19-6-3-2-4-7-19/h2-16,31H,17H2,1H3,(H,32,36). The lowest BCUT2D eigenvalue weighted by molar-refractivity contribution is 0.102. The number of benzene rings is 3. The van der Waals surface area contributed by atoms with Crippen molar-refractivity contribution in [2.45, 2.75) is 17.8 Å². The molecule has 0 bridgehead atoms. The molecule has 0 spiro atoms. The topological polar surface area (TPSA) is 97.6 Å². The Morgan fingerprint density at radius 1 is 0.919 bits per heavy atom. The minimum Gasteiger partial charge on any atom is -0.356 e. The van der Waals surface area contributed by atoms with Crippen LogP contribution in [0, 0.1) is 6.92 Å². The molecular formula is C27H22ClN7OS. The largest absolute Gasteiger partial charge is 0.356 e. The van der Waals surface area contributed by atoms with Crippen LogP contribution in [0.3, 0.4) is 0 Å². The van der Waals surface area contributed by atoms with Crippen LogP contribution in [0.2, 0.25) is 5.02 Å². The molecule has 0 atom stereocenters. The van der Waals surface area contributed by atoms with Crippen LogP contribution in [0.25, 0.3) is 5.69 Å². The Labute approximate surface area is 223 Å². The third-order valence-electron chi connectivity index (χ3n) is 5.46. The van der Waals surface area contributed by atoms with E-state index in [0.29, 0.717) is 33.0 Å². The SMILES string of the molecule is Cc1ccc(-n2nnc(C(=O)Nc3ccc(Nc4ccccc4)cc3)c2CSc2ncccn2)cc1Cl. The molecule has 2 N–H and O–H groups in total. The lowest BCUT2D eigenvalue weighted by atomic mass is 10.2. The average Bonchev–Trinajstić information content (AvgIpc) is 3.35. The number of para-hydroxylation sites is 1. The molecule has 0 saturated carbocycles. The highest BCUT2D eigenvalue weighted by molar-refractivity contribution is 7.98. The van der Waals surface area contributed by atoms with Crippen LogP contribution in [0.15, 0.2) is 96.4 Å². The second-order valence-electron chi connectivity index (χ2n) is 8.07. The molecular weight excluding hydrogens is 506 g/mol. The lowest BCUT2D eigenvalue weighted by Crippen LogP contribution is -2.15. The Bertz CT molecular complexity index is 1510. The molecule has 0 aliphatic heterocycles. The van der Waals surface area contributed by atoms with E-state index in [-0.39, 0.29) is 11.6 Å². The summed E-state index contributed by atoms with van der Waals surface area (Å²) in [5.41, 5.74) is 5.01. The summed E-state index contributed by atoms with van der Waals surface area (Å²) < 4.78 is 1.63. The number of carbonyl (C=O) groups is 1. The summed E-state index contributed by atoms with van der Waals surface area (Å²) in [5.74, 6) is 0.0170. The Morgan fingerprint density at radius 2 is 1.62 bits per heavy atom. The van der Waals surface area contributed by atoms with Crippen LogP contribution in [0.5, 0.6) is 0 Å². The molecule has 184 valence electrons. The van der Waals surface area contributed by atoms with Gasteiger partial charge in [0.1, 0.15) is 0 Å². The van der Waals surface area contributed by atoms with Crippen molar-refractivity contribution in [3.05, 3.63) is 113 Å². The summed E-state index contributed by atoms with van der Waals surface area (Å²) >= 11 is 7.75. The van der Waals surface area contributed by atoms with Crippen LogP contribution in [-0.4, -0.2) is 30.9 Å². The molecule has 1 amide bonds. The van der Waals surface area contributed by atoms with Gasteiger partial charge in [0.25, 0.3) is 5.91 Å². The van der Waals surface area contributed by atoms with Crippen molar-refractivity contribution >= 4 is 46.3 Å². The van der Waals surface area contributed by atoms with E-state index in [1.165, 1.54) is 11.8 Å². The van der Waals surface area contributed by atoms with Gasteiger partial charge in [0, 0.05) is 40.2 Å². The molecule has 3 aromatic carbocycles. The Kier molecular flexibility index (Phi) is 7.43. The number of carbonyl (C=O) groups excluding carboxylic acids is 1. The summed E-state index contributed by atoms with van der Waals surface area (Å²) in [6.45, 7) is 1.93. The van der Waals surface area contributed by atoms with E-state index in [1.807, 2.05) is 73.7 Å². The van der Waals surface area contributed by atoms with Crippen molar-refractivity contribution in [3.8, 4) is 5.69 Å². The molecule has 0 aliphatic rings. The Hall–Kier alpha value is -4.21. The fourth-order valence-corrected chi connectivity index (χ4v) is 4.51. The number of nitrogens with one attached hydrogen (secondary N) is 2. The first kappa shape index (κ1) is 24.5. The zero-order chi connectivity index (χ0) is 25.6. The summed E-state index contributed by atoms with van der Waals surface area (Å²) in [6, 6.07) is 24.7. The van der Waals surface area contributed by atoms with Crippen LogP contribution in [0.1, 0.15) is 21.7 Å². The molecule has 5 aromatic rings. The first-order valence-corrected chi connectivity index (χ1v) is 12.8. The normalized spacial score (nSPS) is 10.8. The number of hydrogen-bond donors (Lipinski definition) is 2. The van der Waals surface area contributed by atoms with Gasteiger partial charge in [-0.05, 0) is 67.1 Å². The van der Waals surface area contributed by atoms with Gasteiger partial charge in [0.05, 0.1) is 11.4 Å². The fourth-order valence-electron chi connectivity index (χ4n) is 3.54. The van der Waals surface area contributed by atoms with Crippen LogP contribution < -0.4 is 10.6 Å². The van der Waals surface area contributed by atoms with Crippen molar-refractivity contribution in [1.82, 2.24) is 25.0 Å². The number of rotatable bonds is 8. The van der Waals surface area contributed by atoms with Gasteiger partial charge < -0.3 is 10.6 Å². The minimum atomic E-state index is -0.363. The van der Waals surface area contributed by atoms with E-state index in [4.69, 9.17) is 11.6 Å². The highest BCUT2D eigenvalue weighted by atomic mass is 35.5. The minimum absolute atomic E-state index is 0.214. The van der Waals surface area contributed by atoms with Gasteiger partial charge in [0.15, 0.2) is 10.9 Å². The van der Waals surface area contributed by atoms with Gasteiger partial charge in [-0.1, -0.05) is 52.8 Å². The molecule has 8 nitrogen and oxygen atoms in total. The van der Waals surface area contributed by atoms with E-state index in [1.54, 1.807) is 29.2 Å². The van der Waals surface area contributed by atoms with Crippen molar-refractivity contribution in [3.63, 3.8) is 0 Å². The smallest absolute Gasteiger partial charge is 0.278 e. The summed E-state index contributed by atoms with van der Waals surface area (Å²) in [5, 5.41) is 15.9. The predicted octanol–water partition coefficient (Wildman–Crippen LogP) is 6.31. The van der Waals surface area contributed by atoms with Gasteiger partial charge in [0.2, 0.25) is 0 Å². The third kappa shape index (κ3) is 5.96. The second-order valence-corrected chi connectivity index (χ2v) is 9.42. The van der Waals surface area contributed by atoms with Crippen molar-refractivity contribution < 1.29 is 4.79 Å². The third-order valence-corrected chi connectivity index (χ3v) is 6.76. The van der Waals surface area contributed by atoms with Crippen molar-refractivity contribution in [2.24, 2.45) is 0 Å². The lowest BCUT2D eigenvalue weighted by Gasteiger charge is -2.10. The number of thioether (sulfide) groups is 1. The molecule has 0 radical (unpaired) electrons. The number of aryl methyl sites for hydroxylation is 1. The zero-order valence-corrected chi connectivity index (χ0v) is 21.4. The van der Waals surface area contributed by atoms with Crippen LogP contribution in [-0.2, 0) is 5.75 Å². The molecule has 0 aliphatic carbocycles. The number of aromatic nitrogens is 5. The van der Waals surface area contributed by atoms with Crippen LogP contribution in [0.4, 0.5) is 17.1 Å². The predicted molar refractivity (Wildman–Crippen MR) is 147 cm³/mol. The first-order valence-electron chi connectivity index (χ1n) is 11.4. The highest BCUT2D eigenvalue weighted by Crippen LogP contribution is 2.26. The van der Waals surface area contributed by atoms with E-state index in [2.05, 4.69) is 30.9 Å². The number of amides is 1. The second kappa shape index (κ2) is 11.2. The molecule has 2 heterocycles. The maximum atomic E-state index is 13.3. The number of halogens is 1. The fraction of sp³-hybridized carbons (Fsp3) is 0.0741. The molecule has 0 saturated heterocycles. The maximum absolute atomic E-state index is 13.3. The molecule has 0 unspecified atom stereocenters. The molecule has 10 heteroatoms. The first-order chi connectivity index (χ1) is 18.1. The van der Waals surface area contributed by atoms with Gasteiger partial charge in [-0.2, -0.15) is 0 Å². The van der Waals surface area contributed by atoms with E-state index >= 15 is 0 Å². The van der Waals surface area contributed by atoms with Gasteiger partial charge in [-0.3, -0.25) is 4.79 Å². The Balaban J connectivity index is 1.38. The van der Waals surface area contributed by atoms with E-state index in [9.17, 15) is 4.79 Å². The molecule has 0 fully saturated rings.